The molecular formula is C15H12F3N5O2. The summed E-state index contributed by atoms with van der Waals surface area (Å²) in [5.74, 6) is 0. The van der Waals surface area contributed by atoms with Crippen LogP contribution < -0.4 is 5.43 Å². The number of nitriles is 1. The van der Waals surface area contributed by atoms with Crippen molar-refractivity contribution >= 4 is 17.6 Å². The van der Waals surface area contributed by atoms with Gasteiger partial charge in [-0.15, -0.1) is 0 Å². The van der Waals surface area contributed by atoms with Gasteiger partial charge in [-0.25, -0.2) is 0 Å². The Morgan fingerprint density at radius 3 is 2.60 bits per heavy atom. The molecular weight excluding hydrogens is 339 g/mol. The molecule has 2 rings (SSSR count). The summed E-state index contributed by atoms with van der Waals surface area (Å²) in [6.45, 7) is 1.75. The first kappa shape index (κ1) is 18.0. The second-order valence-electron chi connectivity index (χ2n) is 5.10. The van der Waals surface area contributed by atoms with Crippen molar-refractivity contribution in [1.29, 1.82) is 5.26 Å². The Balaban J connectivity index is 2.29. The number of hydrogen-bond acceptors (Lipinski definition) is 5. The van der Waals surface area contributed by atoms with Crippen LogP contribution in [0.15, 0.2) is 29.4 Å². The Bertz CT molecular complexity index is 894. The summed E-state index contributed by atoms with van der Waals surface area (Å²) in [4.78, 5) is 10.1. The van der Waals surface area contributed by atoms with E-state index in [0.717, 1.165) is 17.8 Å². The maximum atomic E-state index is 12.7. The molecule has 0 saturated heterocycles. The van der Waals surface area contributed by atoms with Crippen LogP contribution in [0.2, 0.25) is 0 Å². The Morgan fingerprint density at radius 2 is 2.08 bits per heavy atom. The standard InChI is InChI=1S/C15H12F3N5O2/c1-9-10(5-12(7-19)22(9)2)8-20-21-13-4-3-11(15(16,17)18)6-14(13)23(24)25/h3-6,8,21H,1-2H3. The number of hydrazone groups is 1. The van der Waals surface area contributed by atoms with E-state index in [4.69, 9.17) is 5.26 Å². The zero-order chi connectivity index (χ0) is 18.8. The molecule has 0 unspecified atom stereocenters. The molecule has 0 amide bonds. The zero-order valence-corrected chi connectivity index (χ0v) is 13.1. The van der Waals surface area contributed by atoms with Crippen molar-refractivity contribution in [2.75, 3.05) is 5.43 Å². The van der Waals surface area contributed by atoms with E-state index in [-0.39, 0.29) is 5.69 Å². The molecule has 1 aromatic carbocycles. The Morgan fingerprint density at radius 1 is 1.40 bits per heavy atom. The van der Waals surface area contributed by atoms with Crippen molar-refractivity contribution < 1.29 is 18.1 Å². The summed E-state index contributed by atoms with van der Waals surface area (Å²) in [6.07, 6.45) is -3.35. The molecule has 1 aromatic heterocycles. The van der Waals surface area contributed by atoms with Crippen molar-refractivity contribution in [3.8, 4) is 6.07 Å². The average Bonchev–Trinajstić information content (AvgIpc) is 2.81. The Kier molecular flexibility index (Phi) is 4.78. The topological polar surface area (TPSA) is 96.2 Å². The fourth-order valence-electron chi connectivity index (χ4n) is 2.09. The Labute approximate surface area is 140 Å². The number of aromatic nitrogens is 1. The highest BCUT2D eigenvalue weighted by Gasteiger charge is 2.33. The van der Waals surface area contributed by atoms with Gasteiger partial charge in [0.15, 0.2) is 0 Å². The number of rotatable bonds is 4. The summed E-state index contributed by atoms with van der Waals surface area (Å²) in [5, 5.41) is 23.7. The maximum absolute atomic E-state index is 12.7. The van der Waals surface area contributed by atoms with Gasteiger partial charge < -0.3 is 4.57 Å². The van der Waals surface area contributed by atoms with Gasteiger partial charge in [-0.2, -0.15) is 23.5 Å². The lowest BCUT2D eigenvalue weighted by Crippen LogP contribution is -2.06. The van der Waals surface area contributed by atoms with Crippen LogP contribution in [0.1, 0.15) is 22.5 Å². The van der Waals surface area contributed by atoms with E-state index in [1.54, 1.807) is 24.6 Å². The van der Waals surface area contributed by atoms with Crippen LogP contribution in [0.4, 0.5) is 24.5 Å². The molecule has 10 heteroatoms. The van der Waals surface area contributed by atoms with Gasteiger partial charge in [0.1, 0.15) is 17.5 Å². The molecule has 1 N–H and O–H groups in total. The molecule has 0 aliphatic carbocycles. The van der Waals surface area contributed by atoms with Crippen molar-refractivity contribution in [2.24, 2.45) is 12.1 Å². The number of nitro groups is 1. The predicted molar refractivity (Wildman–Crippen MR) is 84.2 cm³/mol. The normalized spacial score (nSPS) is 11.5. The number of hydrogen-bond donors (Lipinski definition) is 1. The summed E-state index contributed by atoms with van der Waals surface area (Å²) in [5.41, 5.74) is 2.07. The summed E-state index contributed by atoms with van der Waals surface area (Å²) in [7, 11) is 1.69. The molecule has 2 aromatic rings. The third kappa shape index (κ3) is 3.77. The third-order valence-electron chi connectivity index (χ3n) is 3.60. The van der Waals surface area contributed by atoms with Gasteiger partial charge >= 0.3 is 6.18 Å². The summed E-state index contributed by atoms with van der Waals surface area (Å²) in [6, 6.07) is 5.68. The van der Waals surface area contributed by atoms with Crippen LogP contribution in [0, 0.1) is 28.4 Å². The number of alkyl halides is 3. The molecule has 0 saturated carbocycles. The van der Waals surface area contributed by atoms with Crippen molar-refractivity contribution in [2.45, 2.75) is 13.1 Å². The minimum atomic E-state index is -4.68. The Hall–Kier alpha value is -3.35. The fourth-order valence-corrected chi connectivity index (χ4v) is 2.09. The van der Waals surface area contributed by atoms with E-state index in [2.05, 4.69) is 10.5 Å². The molecule has 25 heavy (non-hydrogen) atoms. The quantitative estimate of drug-likeness (QED) is 0.517. The van der Waals surface area contributed by atoms with E-state index in [0.29, 0.717) is 17.3 Å². The third-order valence-corrected chi connectivity index (χ3v) is 3.60. The first-order chi connectivity index (χ1) is 11.6. The molecule has 130 valence electrons. The highest BCUT2D eigenvalue weighted by atomic mass is 19.4. The molecule has 0 fully saturated rings. The summed E-state index contributed by atoms with van der Waals surface area (Å²) >= 11 is 0. The number of halogens is 3. The van der Waals surface area contributed by atoms with Crippen molar-refractivity contribution in [1.82, 2.24) is 4.57 Å². The zero-order valence-electron chi connectivity index (χ0n) is 13.1. The molecule has 1 heterocycles. The van der Waals surface area contributed by atoms with Gasteiger partial charge in [0.2, 0.25) is 0 Å². The molecule has 0 atom stereocenters. The first-order valence-corrected chi connectivity index (χ1v) is 6.86. The fraction of sp³-hybridized carbons (Fsp3) is 0.200. The van der Waals surface area contributed by atoms with E-state index in [1.807, 2.05) is 6.07 Å². The number of benzene rings is 1. The molecule has 0 spiro atoms. The van der Waals surface area contributed by atoms with Crippen LogP contribution in [-0.4, -0.2) is 15.7 Å². The lowest BCUT2D eigenvalue weighted by Gasteiger charge is -2.08. The van der Waals surface area contributed by atoms with E-state index in [9.17, 15) is 23.3 Å². The van der Waals surface area contributed by atoms with Gasteiger partial charge in [-0.05, 0) is 25.1 Å². The van der Waals surface area contributed by atoms with Gasteiger partial charge in [0.05, 0.1) is 16.7 Å². The molecule has 0 bridgehead atoms. The van der Waals surface area contributed by atoms with Crippen LogP contribution in [-0.2, 0) is 13.2 Å². The van der Waals surface area contributed by atoms with Crippen LogP contribution >= 0.6 is 0 Å². The van der Waals surface area contributed by atoms with Gasteiger partial charge in [-0.3, -0.25) is 15.5 Å². The van der Waals surface area contributed by atoms with Gasteiger partial charge in [0.25, 0.3) is 5.69 Å². The van der Waals surface area contributed by atoms with E-state index < -0.39 is 22.4 Å². The SMILES string of the molecule is Cc1c(C=NNc2ccc(C(F)(F)F)cc2[N+](=O)[O-])cc(C#N)n1C. The average molecular weight is 351 g/mol. The first-order valence-electron chi connectivity index (χ1n) is 6.86. The highest BCUT2D eigenvalue weighted by molar-refractivity contribution is 5.83. The number of nitro benzene ring substituents is 1. The lowest BCUT2D eigenvalue weighted by molar-refractivity contribution is -0.384. The monoisotopic (exact) mass is 351 g/mol. The minimum absolute atomic E-state index is 0.177. The highest BCUT2D eigenvalue weighted by Crippen LogP contribution is 2.34. The maximum Gasteiger partial charge on any atom is 0.416 e. The number of nitrogens with zero attached hydrogens (tertiary/aromatic N) is 4. The number of anilines is 1. The van der Waals surface area contributed by atoms with E-state index >= 15 is 0 Å². The number of nitrogens with one attached hydrogen (secondary N) is 1. The van der Waals surface area contributed by atoms with Crippen molar-refractivity contribution in [3.05, 3.63) is 56.9 Å². The smallest absolute Gasteiger partial charge is 0.339 e. The molecule has 0 aliphatic rings. The lowest BCUT2D eigenvalue weighted by atomic mass is 10.1. The minimum Gasteiger partial charge on any atom is -0.339 e. The van der Waals surface area contributed by atoms with Gasteiger partial charge in [-0.1, -0.05) is 0 Å². The van der Waals surface area contributed by atoms with Crippen molar-refractivity contribution in [3.63, 3.8) is 0 Å². The second kappa shape index (κ2) is 6.64. The second-order valence-corrected chi connectivity index (χ2v) is 5.10. The largest absolute Gasteiger partial charge is 0.416 e. The van der Waals surface area contributed by atoms with Gasteiger partial charge in [0, 0.05) is 24.4 Å². The predicted octanol–water partition coefficient (Wildman–Crippen LogP) is 3.58. The molecule has 0 radical (unpaired) electrons. The molecule has 0 aliphatic heterocycles. The van der Waals surface area contributed by atoms with Crippen LogP contribution in [0.3, 0.4) is 0 Å². The van der Waals surface area contributed by atoms with E-state index in [1.165, 1.54) is 6.21 Å². The molecule has 7 nitrogen and oxygen atoms in total. The van der Waals surface area contributed by atoms with Crippen LogP contribution in [0.25, 0.3) is 0 Å². The van der Waals surface area contributed by atoms with Crippen LogP contribution in [0.5, 0.6) is 0 Å². The summed E-state index contributed by atoms with van der Waals surface area (Å²) < 4.78 is 39.6.